The number of amides is 1. The van der Waals surface area contributed by atoms with Crippen molar-refractivity contribution in [2.24, 2.45) is 0 Å². The zero-order valence-electron chi connectivity index (χ0n) is 17.3. The minimum atomic E-state index is -3.53. The van der Waals surface area contributed by atoms with Gasteiger partial charge in [0.05, 0.1) is 17.0 Å². The second-order valence-corrected chi connectivity index (χ2v) is 10.4. The van der Waals surface area contributed by atoms with Crippen molar-refractivity contribution in [3.8, 4) is 11.3 Å². The number of nitrogens with zero attached hydrogens (tertiary/aromatic N) is 4. The molecular formula is C23H22N4O3S2. The Bertz CT molecular complexity index is 1340. The summed E-state index contributed by atoms with van der Waals surface area (Å²) in [4.78, 5) is 20.5. The molecule has 5 rings (SSSR count). The summed E-state index contributed by atoms with van der Waals surface area (Å²) in [7, 11) is -3.53. The first kappa shape index (κ1) is 20.9. The van der Waals surface area contributed by atoms with E-state index in [0.29, 0.717) is 26.2 Å². The fraction of sp³-hybridized carbons (Fsp3) is 0.217. The minimum Gasteiger partial charge on any atom is -0.340 e. The second-order valence-electron chi connectivity index (χ2n) is 7.65. The average Bonchev–Trinajstić information content (AvgIpc) is 3.42. The van der Waals surface area contributed by atoms with Crippen LogP contribution in [0.1, 0.15) is 5.69 Å². The van der Waals surface area contributed by atoms with Crippen LogP contribution in [0.25, 0.3) is 16.2 Å². The molecular weight excluding hydrogens is 444 g/mol. The van der Waals surface area contributed by atoms with Crippen LogP contribution in [0, 0.1) is 0 Å². The SMILES string of the molecule is O=C(Cc1csc2nc(-c3ccccc3)cn12)N1CCN(S(=O)(=O)c2ccccc2)CC1. The Labute approximate surface area is 190 Å². The predicted octanol–water partition coefficient (Wildman–Crippen LogP) is 3.14. The lowest BCUT2D eigenvalue weighted by Crippen LogP contribution is -2.50. The van der Waals surface area contributed by atoms with Crippen LogP contribution < -0.4 is 0 Å². The molecule has 0 bridgehead atoms. The average molecular weight is 467 g/mol. The molecule has 0 spiro atoms. The first-order valence-corrected chi connectivity index (χ1v) is 12.7. The Morgan fingerprint density at radius 1 is 0.938 bits per heavy atom. The van der Waals surface area contributed by atoms with E-state index in [1.165, 1.54) is 15.6 Å². The van der Waals surface area contributed by atoms with Crippen molar-refractivity contribution >= 4 is 32.2 Å². The van der Waals surface area contributed by atoms with E-state index < -0.39 is 10.0 Å². The zero-order chi connectivity index (χ0) is 22.1. The third-order valence-electron chi connectivity index (χ3n) is 5.66. The maximum Gasteiger partial charge on any atom is 0.243 e. The number of benzene rings is 2. The van der Waals surface area contributed by atoms with Crippen molar-refractivity contribution in [3.05, 3.63) is 77.9 Å². The first-order chi connectivity index (χ1) is 15.5. The number of sulfonamides is 1. The predicted molar refractivity (Wildman–Crippen MR) is 124 cm³/mol. The van der Waals surface area contributed by atoms with Crippen LogP contribution in [-0.2, 0) is 21.2 Å². The molecule has 32 heavy (non-hydrogen) atoms. The summed E-state index contributed by atoms with van der Waals surface area (Å²) in [5.74, 6) is -0.00331. The highest BCUT2D eigenvalue weighted by Gasteiger charge is 2.30. The fourth-order valence-electron chi connectivity index (χ4n) is 3.89. The summed E-state index contributed by atoms with van der Waals surface area (Å²) in [6.07, 6.45) is 2.23. The highest BCUT2D eigenvalue weighted by atomic mass is 32.2. The third-order valence-corrected chi connectivity index (χ3v) is 8.46. The van der Waals surface area contributed by atoms with E-state index in [0.717, 1.165) is 21.9 Å². The topological polar surface area (TPSA) is 75.0 Å². The van der Waals surface area contributed by atoms with E-state index in [1.807, 2.05) is 46.3 Å². The van der Waals surface area contributed by atoms with Crippen molar-refractivity contribution in [1.82, 2.24) is 18.6 Å². The van der Waals surface area contributed by atoms with Crippen LogP contribution in [0.2, 0.25) is 0 Å². The molecule has 0 aliphatic carbocycles. The molecule has 0 atom stereocenters. The van der Waals surface area contributed by atoms with Gasteiger partial charge in [-0.1, -0.05) is 48.5 Å². The number of imidazole rings is 1. The number of piperazine rings is 1. The molecule has 0 N–H and O–H groups in total. The van der Waals surface area contributed by atoms with Gasteiger partial charge >= 0.3 is 0 Å². The summed E-state index contributed by atoms with van der Waals surface area (Å²) >= 11 is 1.51. The molecule has 3 heterocycles. The van der Waals surface area contributed by atoms with Gasteiger partial charge in [0.2, 0.25) is 15.9 Å². The van der Waals surface area contributed by atoms with Crippen LogP contribution in [0.5, 0.6) is 0 Å². The quantitative estimate of drug-likeness (QED) is 0.453. The normalized spacial score (nSPS) is 15.3. The lowest BCUT2D eigenvalue weighted by atomic mass is 10.2. The van der Waals surface area contributed by atoms with E-state index in [2.05, 4.69) is 4.98 Å². The summed E-state index contributed by atoms with van der Waals surface area (Å²) < 4.78 is 29.0. The molecule has 7 nitrogen and oxygen atoms in total. The van der Waals surface area contributed by atoms with Crippen molar-refractivity contribution in [2.75, 3.05) is 26.2 Å². The molecule has 9 heteroatoms. The molecule has 2 aromatic heterocycles. The van der Waals surface area contributed by atoms with Crippen molar-refractivity contribution in [3.63, 3.8) is 0 Å². The monoisotopic (exact) mass is 466 g/mol. The molecule has 2 aromatic carbocycles. The fourth-order valence-corrected chi connectivity index (χ4v) is 6.21. The molecule has 164 valence electrons. The molecule has 0 saturated carbocycles. The van der Waals surface area contributed by atoms with Crippen molar-refractivity contribution in [2.45, 2.75) is 11.3 Å². The largest absolute Gasteiger partial charge is 0.340 e. The Kier molecular flexibility index (Phi) is 5.54. The number of hydrogen-bond donors (Lipinski definition) is 0. The third kappa shape index (κ3) is 3.94. The van der Waals surface area contributed by atoms with Gasteiger partial charge in [0.25, 0.3) is 0 Å². The van der Waals surface area contributed by atoms with E-state index in [-0.39, 0.29) is 17.2 Å². The number of carbonyl (C=O) groups excluding carboxylic acids is 1. The van der Waals surface area contributed by atoms with Gasteiger partial charge in [-0.3, -0.25) is 9.20 Å². The maximum absolute atomic E-state index is 12.9. The summed E-state index contributed by atoms with van der Waals surface area (Å²) in [6.45, 7) is 1.37. The van der Waals surface area contributed by atoms with Gasteiger partial charge in [-0.05, 0) is 12.1 Å². The Hall–Kier alpha value is -3.01. The first-order valence-electron chi connectivity index (χ1n) is 10.4. The van der Waals surface area contributed by atoms with Crippen molar-refractivity contribution in [1.29, 1.82) is 0 Å². The number of carbonyl (C=O) groups is 1. The van der Waals surface area contributed by atoms with Crippen LogP contribution in [0.3, 0.4) is 0 Å². The summed E-state index contributed by atoms with van der Waals surface area (Å²) in [5, 5.41) is 1.96. The molecule has 1 fully saturated rings. The zero-order valence-corrected chi connectivity index (χ0v) is 18.9. The molecule has 1 aliphatic rings. The number of fused-ring (bicyclic) bond motifs is 1. The minimum absolute atomic E-state index is 0.00331. The lowest BCUT2D eigenvalue weighted by Gasteiger charge is -2.34. The Morgan fingerprint density at radius 2 is 1.59 bits per heavy atom. The molecule has 1 aliphatic heterocycles. The highest BCUT2D eigenvalue weighted by molar-refractivity contribution is 7.89. The van der Waals surface area contributed by atoms with Crippen LogP contribution in [0.4, 0.5) is 0 Å². The second kappa shape index (κ2) is 8.50. The molecule has 1 saturated heterocycles. The van der Waals surface area contributed by atoms with Crippen LogP contribution in [0.15, 0.2) is 77.1 Å². The van der Waals surface area contributed by atoms with Crippen LogP contribution >= 0.6 is 11.3 Å². The van der Waals surface area contributed by atoms with Gasteiger partial charge in [0.1, 0.15) is 0 Å². The smallest absolute Gasteiger partial charge is 0.243 e. The molecule has 4 aromatic rings. The summed E-state index contributed by atoms with van der Waals surface area (Å²) in [5.41, 5.74) is 2.81. The maximum atomic E-state index is 12.9. The standard InChI is InChI=1S/C23H22N4O3S2/c28-22(25-11-13-26(14-12-25)32(29,30)20-9-5-2-6-10-20)15-19-17-31-23-24-21(16-27(19)23)18-7-3-1-4-8-18/h1-10,16-17H,11-15H2. The number of hydrogen-bond acceptors (Lipinski definition) is 5. The van der Waals surface area contributed by atoms with E-state index >= 15 is 0 Å². The summed E-state index contributed by atoms with van der Waals surface area (Å²) in [6, 6.07) is 18.4. The number of thiazole rings is 1. The van der Waals surface area contributed by atoms with Gasteiger partial charge in [0, 0.05) is 49.0 Å². The van der Waals surface area contributed by atoms with Gasteiger partial charge in [-0.2, -0.15) is 4.31 Å². The molecule has 1 amide bonds. The molecule has 0 radical (unpaired) electrons. The Balaban J connectivity index is 1.26. The van der Waals surface area contributed by atoms with Crippen molar-refractivity contribution < 1.29 is 13.2 Å². The van der Waals surface area contributed by atoms with E-state index in [9.17, 15) is 13.2 Å². The number of aromatic nitrogens is 2. The van der Waals surface area contributed by atoms with Crippen LogP contribution in [-0.4, -0.2) is 59.1 Å². The van der Waals surface area contributed by atoms with Gasteiger partial charge in [-0.15, -0.1) is 11.3 Å². The van der Waals surface area contributed by atoms with Gasteiger partial charge in [-0.25, -0.2) is 13.4 Å². The Morgan fingerprint density at radius 3 is 2.28 bits per heavy atom. The lowest BCUT2D eigenvalue weighted by molar-refractivity contribution is -0.131. The van der Waals surface area contributed by atoms with Gasteiger partial charge < -0.3 is 4.90 Å². The molecule has 0 unspecified atom stereocenters. The van der Waals surface area contributed by atoms with E-state index in [4.69, 9.17) is 0 Å². The highest BCUT2D eigenvalue weighted by Crippen LogP contribution is 2.24. The number of rotatable bonds is 5. The van der Waals surface area contributed by atoms with E-state index in [1.54, 1.807) is 35.2 Å². The van der Waals surface area contributed by atoms with Gasteiger partial charge in [0.15, 0.2) is 4.96 Å².